The average Bonchev–Trinajstić information content (AvgIpc) is 2.43. The normalized spacial score (nSPS) is 10.6. The number of rotatable bonds is 5. The van der Waals surface area contributed by atoms with E-state index in [4.69, 9.17) is 10.00 Å². The van der Waals surface area contributed by atoms with E-state index in [1.807, 2.05) is 38.1 Å². The molecule has 19 heavy (non-hydrogen) atoms. The number of anilines is 1. The second-order valence-corrected chi connectivity index (χ2v) is 4.52. The molecule has 0 atom stereocenters. The molecule has 0 amide bonds. The molecule has 0 aliphatic rings. The second-order valence-electron chi connectivity index (χ2n) is 4.52. The number of para-hydroxylation sites is 1. The first-order valence-electron chi connectivity index (χ1n) is 6.35. The molecule has 1 N–H and O–H groups in total. The van der Waals surface area contributed by atoms with Gasteiger partial charge in [-0.3, -0.25) is 4.98 Å². The zero-order valence-electron chi connectivity index (χ0n) is 11.2. The first-order valence-corrected chi connectivity index (χ1v) is 6.35. The van der Waals surface area contributed by atoms with Crippen molar-refractivity contribution >= 4 is 16.6 Å². The van der Waals surface area contributed by atoms with Gasteiger partial charge in [-0.2, -0.15) is 5.26 Å². The van der Waals surface area contributed by atoms with Crippen LogP contribution >= 0.6 is 0 Å². The van der Waals surface area contributed by atoms with Crippen molar-refractivity contribution in [2.24, 2.45) is 0 Å². The molecule has 0 spiro atoms. The maximum Gasteiger partial charge on any atom is 0.103 e. The van der Waals surface area contributed by atoms with E-state index in [0.717, 1.165) is 16.6 Å². The Balaban J connectivity index is 2.22. The molecule has 4 nitrogen and oxygen atoms in total. The molecule has 98 valence electrons. The molecule has 1 aromatic heterocycles. The molecule has 2 rings (SSSR count). The van der Waals surface area contributed by atoms with Crippen LogP contribution in [0.5, 0.6) is 0 Å². The van der Waals surface area contributed by atoms with Gasteiger partial charge in [0, 0.05) is 18.1 Å². The fourth-order valence-corrected chi connectivity index (χ4v) is 1.89. The molecule has 0 aliphatic carbocycles. The number of nitrogens with zero attached hydrogens (tertiary/aromatic N) is 2. The fraction of sp³-hybridized carbons (Fsp3) is 0.333. The van der Waals surface area contributed by atoms with Crippen LogP contribution in [0, 0.1) is 11.3 Å². The Morgan fingerprint density at radius 1 is 1.37 bits per heavy atom. The topological polar surface area (TPSA) is 57.9 Å². The number of hydrogen-bond acceptors (Lipinski definition) is 4. The summed E-state index contributed by atoms with van der Waals surface area (Å²) in [6, 6.07) is 9.96. The van der Waals surface area contributed by atoms with E-state index in [1.54, 1.807) is 6.20 Å². The lowest BCUT2D eigenvalue weighted by molar-refractivity contribution is 0.0871. The Bertz CT molecular complexity index is 602. The van der Waals surface area contributed by atoms with E-state index in [0.29, 0.717) is 18.7 Å². The summed E-state index contributed by atoms with van der Waals surface area (Å²) in [6.07, 6.45) is 1.82. The molecule has 0 fully saturated rings. The molecular weight excluding hydrogens is 238 g/mol. The molecule has 0 saturated carbocycles. The van der Waals surface area contributed by atoms with Crippen molar-refractivity contribution < 1.29 is 4.74 Å². The highest BCUT2D eigenvalue weighted by Gasteiger charge is 2.07. The van der Waals surface area contributed by atoms with Crippen LogP contribution in [-0.2, 0) is 4.74 Å². The molecule has 1 aromatic carbocycles. The standard InChI is InChI=1S/C15H17N3O/c1-11(2)19-8-7-17-15-12(9-16)10-18-14-6-4-3-5-13(14)15/h3-6,10-11H,7-8H2,1-2H3,(H,17,18). The predicted octanol–water partition coefficient (Wildman–Crippen LogP) is 2.94. The summed E-state index contributed by atoms with van der Waals surface area (Å²) < 4.78 is 5.49. The van der Waals surface area contributed by atoms with Crippen molar-refractivity contribution in [2.75, 3.05) is 18.5 Å². The number of pyridine rings is 1. The van der Waals surface area contributed by atoms with Gasteiger partial charge >= 0.3 is 0 Å². The Kier molecular flexibility index (Phi) is 4.32. The minimum Gasteiger partial charge on any atom is -0.381 e. The predicted molar refractivity (Wildman–Crippen MR) is 76.0 cm³/mol. The van der Waals surface area contributed by atoms with Crippen LogP contribution in [0.3, 0.4) is 0 Å². The van der Waals surface area contributed by atoms with Crippen LogP contribution in [0.4, 0.5) is 5.69 Å². The number of fused-ring (bicyclic) bond motifs is 1. The molecule has 2 aromatic rings. The van der Waals surface area contributed by atoms with Gasteiger partial charge in [0.25, 0.3) is 0 Å². The fourth-order valence-electron chi connectivity index (χ4n) is 1.89. The van der Waals surface area contributed by atoms with E-state index in [9.17, 15) is 0 Å². The summed E-state index contributed by atoms with van der Waals surface area (Å²) in [5, 5.41) is 13.4. The zero-order valence-corrected chi connectivity index (χ0v) is 11.2. The van der Waals surface area contributed by atoms with E-state index in [-0.39, 0.29) is 6.10 Å². The second kappa shape index (κ2) is 6.17. The third-order valence-electron chi connectivity index (χ3n) is 2.75. The van der Waals surface area contributed by atoms with Crippen LogP contribution in [0.15, 0.2) is 30.5 Å². The van der Waals surface area contributed by atoms with Crippen molar-refractivity contribution in [2.45, 2.75) is 20.0 Å². The summed E-state index contributed by atoms with van der Waals surface area (Å²) in [4.78, 5) is 4.28. The van der Waals surface area contributed by atoms with Crippen molar-refractivity contribution in [1.82, 2.24) is 4.98 Å². The first kappa shape index (κ1) is 13.3. The van der Waals surface area contributed by atoms with Gasteiger partial charge in [0.2, 0.25) is 0 Å². The molecule has 0 unspecified atom stereocenters. The highest BCUT2D eigenvalue weighted by molar-refractivity contribution is 5.93. The summed E-state index contributed by atoms with van der Waals surface area (Å²) in [7, 11) is 0. The van der Waals surface area contributed by atoms with Crippen molar-refractivity contribution in [3.05, 3.63) is 36.0 Å². The number of nitrogens with one attached hydrogen (secondary N) is 1. The van der Waals surface area contributed by atoms with Crippen molar-refractivity contribution in [3.63, 3.8) is 0 Å². The highest BCUT2D eigenvalue weighted by Crippen LogP contribution is 2.24. The van der Waals surface area contributed by atoms with Crippen LogP contribution in [0.1, 0.15) is 19.4 Å². The monoisotopic (exact) mass is 255 g/mol. The first-order chi connectivity index (χ1) is 9.22. The Labute approximate surface area is 113 Å². The van der Waals surface area contributed by atoms with E-state index < -0.39 is 0 Å². The highest BCUT2D eigenvalue weighted by atomic mass is 16.5. The SMILES string of the molecule is CC(C)OCCNc1c(C#N)cnc2ccccc12. The van der Waals surface area contributed by atoms with E-state index in [2.05, 4.69) is 16.4 Å². The lowest BCUT2D eigenvalue weighted by Gasteiger charge is -2.12. The van der Waals surface area contributed by atoms with Gasteiger partial charge in [0.15, 0.2) is 0 Å². The number of benzene rings is 1. The van der Waals surface area contributed by atoms with Crippen molar-refractivity contribution in [3.8, 4) is 6.07 Å². The van der Waals surface area contributed by atoms with Gasteiger partial charge in [0.1, 0.15) is 6.07 Å². The Morgan fingerprint density at radius 3 is 2.89 bits per heavy atom. The van der Waals surface area contributed by atoms with Gasteiger partial charge < -0.3 is 10.1 Å². The lowest BCUT2D eigenvalue weighted by Crippen LogP contribution is -2.14. The zero-order chi connectivity index (χ0) is 13.7. The number of aromatic nitrogens is 1. The van der Waals surface area contributed by atoms with Crippen LogP contribution in [0.25, 0.3) is 10.9 Å². The summed E-state index contributed by atoms with van der Waals surface area (Å²) in [6.45, 7) is 5.28. The summed E-state index contributed by atoms with van der Waals surface area (Å²) >= 11 is 0. The maximum absolute atomic E-state index is 9.16. The van der Waals surface area contributed by atoms with Gasteiger partial charge in [-0.1, -0.05) is 18.2 Å². The van der Waals surface area contributed by atoms with E-state index >= 15 is 0 Å². The third kappa shape index (κ3) is 3.21. The minimum atomic E-state index is 0.214. The Morgan fingerprint density at radius 2 is 2.16 bits per heavy atom. The largest absolute Gasteiger partial charge is 0.381 e. The van der Waals surface area contributed by atoms with Crippen molar-refractivity contribution in [1.29, 1.82) is 5.26 Å². The van der Waals surface area contributed by atoms with Gasteiger partial charge in [-0.25, -0.2) is 0 Å². The number of ether oxygens (including phenoxy) is 1. The van der Waals surface area contributed by atoms with E-state index in [1.165, 1.54) is 0 Å². The molecule has 4 heteroatoms. The smallest absolute Gasteiger partial charge is 0.103 e. The molecule has 1 heterocycles. The minimum absolute atomic E-state index is 0.214. The molecule has 0 bridgehead atoms. The van der Waals surface area contributed by atoms with Crippen LogP contribution < -0.4 is 5.32 Å². The summed E-state index contributed by atoms with van der Waals surface area (Å²) in [5.74, 6) is 0. The Hall–Kier alpha value is -2.12. The molecular formula is C15H17N3O. The van der Waals surface area contributed by atoms with Gasteiger partial charge in [-0.15, -0.1) is 0 Å². The number of hydrogen-bond donors (Lipinski definition) is 1. The quantitative estimate of drug-likeness (QED) is 0.834. The van der Waals surface area contributed by atoms with Gasteiger partial charge in [-0.05, 0) is 19.9 Å². The molecule has 0 aliphatic heterocycles. The molecule has 0 saturated heterocycles. The van der Waals surface area contributed by atoms with Crippen LogP contribution in [-0.4, -0.2) is 24.2 Å². The van der Waals surface area contributed by atoms with Crippen LogP contribution in [0.2, 0.25) is 0 Å². The summed E-state index contributed by atoms with van der Waals surface area (Å²) in [5.41, 5.74) is 2.28. The van der Waals surface area contributed by atoms with Gasteiger partial charge in [0.05, 0.1) is 29.5 Å². The maximum atomic E-state index is 9.16. The molecule has 0 radical (unpaired) electrons. The average molecular weight is 255 g/mol. The lowest BCUT2D eigenvalue weighted by atomic mass is 10.1. The number of nitriles is 1. The third-order valence-corrected chi connectivity index (χ3v) is 2.75.